The second-order valence-electron chi connectivity index (χ2n) is 5.65. The zero-order chi connectivity index (χ0) is 17.7. The molecule has 2 aromatic rings. The van der Waals surface area contributed by atoms with Crippen LogP contribution in [0.15, 0.2) is 42.6 Å². The first-order valence-corrected chi connectivity index (χ1v) is 7.48. The van der Waals surface area contributed by atoms with E-state index in [1.165, 1.54) is 25.4 Å². The Labute approximate surface area is 141 Å². The third-order valence-electron chi connectivity index (χ3n) is 3.62. The molecule has 1 aromatic heterocycles. The summed E-state index contributed by atoms with van der Waals surface area (Å²) in [5.74, 6) is -0.682. The Morgan fingerprint density at radius 3 is 2.21 bits per heavy atom. The molecule has 1 amide bonds. The summed E-state index contributed by atoms with van der Waals surface area (Å²) in [6.45, 7) is 0.479. The SMILES string of the molecule is COC(=O)c1ccc(C(=O)N(C)Cc2ccc(N(C)C)cc2)nc1. The monoisotopic (exact) mass is 327 g/mol. The maximum absolute atomic E-state index is 12.4. The number of carbonyl (C=O) groups is 2. The van der Waals surface area contributed by atoms with Crippen LogP contribution in [-0.4, -0.2) is 50.0 Å². The lowest BCUT2D eigenvalue weighted by Gasteiger charge is -2.18. The highest BCUT2D eigenvalue weighted by Gasteiger charge is 2.15. The number of ether oxygens (including phenoxy) is 1. The molecule has 0 saturated heterocycles. The fraction of sp³-hybridized carbons (Fsp3) is 0.278. The van der Waals surface area contributed by atoms with Gasteiger partial charge in [-0.1, -0.05) is 12.1 Å². The first-order valence-electron chi connectivity index (χ1n) is 7.48. The molecular weight excluding hydrogens is 306 g/mol. The number of rotatable bonds is 5. The number of hydrogen-bond donors (Lipinski definition) is 0. The fourth-order valence-electron chi connectivity index (χ4n) is 2.20. The number of amides is 1. The summed E-state index contributed by atoms with van der Waals surface area (Å²) >= 11 is 0. The maximum Gasteiger partial charge on any atom is 0.339 e. The predicted octanol–water partition coefficient (Wildman–Crippen LogP) is 2.21. The van der Waals surface area contributed by atoms with Gasteiger partial charge in [-0.05, 0) is 29.8 Å². The van der Waals surface area contributed by atoms with E-state index in [4.69, 9.17) is 0 Å². The largest absolute Gasteiger partial charge is 0.465 e. The Morgan fingerprint density at radius 2 is 1.71 bits per heavy atom. The molecule has 1 heterocycles. The van der Waals surface area contributed by atoms with E-state index in [9.17, 15) is 9.59 Å². The lowest BCUT2D eigenvalue weighted by molar-refractivity contribution is 0.0599. The number of hydrogen-bond acceptors (Lipinski definition) is 5. The quantitative estimate of drug-likeness (QED) is 0.788. The van der Waals surface area contributed by atoms with Crippen LogP contribution in [0.4, 0.5) is 5.69 Å². The molecule has 1 aromatic carbocycles. The summed E-state index contributed by atoms with van der Waals surface area (Å²) in [4.78, 5) is 31.5. The van der Waals surface area contributed by atoms with Crippen molar-refractivity contribution in [2.75, 3.05) is 33.2 Å². The highest BCUT2D eigenvalue weighted by molar-refractivity contribution is 5.94. The van der Waals surface area contributed by atoms with Gasteiger partial charge in [0.2, 0.25) is 0 Å². The maximum atomic E-state index is 12.4. The lowest BCUT2D eigenvalue weighted by atomic mass is 10.2. The molecule has 0 saturated carbocycles. The Kier molecular flexibility index (Phi) is 5.52. The standard InChI is InChI=1S/C18H21N3O3/c1-20(2)15-8-5-13(6-9-15)12-21(3)17(22)16-10-7-14(11-19-16)18(23)24-4/h5-11H,12H2,1-4H3. The van der Waals surface area contributed by atoms with E-state index >= 15 is 0 Å². The van der Waals surface area contributed by atoms with E-state index < -0.39 is 5.97 Å². The van der Waals surface area contributed by atoms with Crippen LogP contribution in [-0.2, 0) is 11.3 Å². The minimum atomic E-state index is -0.476. The lowest BCUT2D eigenvalue weighted by Crippen LogP contribution is -2.27. The molecule has 0 spiro atoms. The van der Waals surface area contributed by atoms with Crippen molar-refractivity contribution in [3.8, 4) is 0 Å². The van der Waals surface area contributed by atoms with Crippen molar-refractivity contribution in [1.29, 1.82) is 0 Å². The minimum Gasteiger partial charge on any atom is -0.465 e. The van der Waals surface area contributed by atoms with Crippen LogP contribution in [0.1, 0.15) is 26.4 Å². The van der Waals surface area contributed by atoms with Crippen molar-refractivity contribution in [2.45, 2.75) is 6.54 Å². The van der Waals surface area contributed by atoms with E-state index in [0.29, 0.717) is 12.1 Å². The van der Waals surface area contributed by atoms with Crippen LogP contribution >= 0.6 is 0 Å². The van der Waals surface area contributed by atoms with Gasteiger partial charge < -0.3 is 14.5 Å². The fourth-order valence-corrected chi connectivity index (χ4v) is 2.20. The van der Waals surface area contributed by atoms with Gasteiger partial charge in [-0.25, -0.2) is 4.79 Å². The van der Waals surface area contributed by atoms with Gasteiger partial charge in [0.05, 0.1) is 12.7 Å². The summed E-state index contributed by atoms with van der Waals surface area (Å²) in [6.07, 6.45) is 1.35. The molecule has 0 aliphatic heterocycles. The Bertz CT molecular complexity index is 709. The summed E-state index contributed by atoms with van der Waals surface area (Å²) in [5.41, 5.74) is 2.74. The third-order valence-corrected chi connectivity index (χ3v) is 3.62. The van der Waals surface area contributed by atoms with Crippen LogP contribution in [0, 0.1) is 0 Å². The molecule has 0 bridgehead atoms. The van der Waals surface area contributed by atoms with E-state index in [1.807, 2.05) is 43.3 Å². The van der Waals surface area contributed by atoms with Gasteiger partial charge in [0, 0.05) is 39.6 Å². The number of anilines is 1. The molecule has 0 N–H and O–H groups in total. The smallest absolute Gasteiger partial charge is 0.339 e. The second kappa shape index (κ2) is 7.59. The molecule has 6 nitrogen and oxygen atoms in total. The first kappa shape index (κ1) is 17.5. The van der Waals surface area contributed by atoms with Gasteiger partial charge in [0.25, 0.3) is 5.91 Å². The van der Waals surface area contributed by atoms with Crippen molar-refractivity contribution in [3.63, 3.8) is 0 Å². The van der Waals surface area contributed by atoms with Crippen LogP contribution in [0.25, 0.3) is 0 Å². The minimum absolute atomic E-state index is 0.205. The average molecular weight is 327 g/mol. The van der Waals surface area contributed by atoms with Crippen molar-refractivity contribution in [2.24, 2.45) is 0 Å². The van der Waals surface area contributed by atoms with E-state index in [2.05, 4.69) is 9.72 Å². The second-order valence-corrected chi connectivity index (χ2v) is 5.65. The van der Waals surface area contributed by atoms with Gasteiger partial charge in [-0.2, -0.15) is 0 Å². The Balaban J connectivity index is 2.04. The highest BCUT2D eigenvalue weighted by Crippen LogP contribution is 2.14. The van der Waals surface area contributed by atoms with Crippen molar-refractivity contribution in [1.82, 2.24) is 9.88 Å². The highest BCUT2D eigenvalue weighted by atomic mass is 16.5. The topological polar surface area (TPSA) is 62.7 Å². The molecule has 0 unspecified atom stereocenters. The van der Waals surface area contributed by atoms with Crippen LogP contribution in [0.3, 0.4) is 0 Å². The van der Waals surface area contributed by atoms with E-state index in [1.54, 1.807) is 11.9 Å². The molecule has 0 aliphatic rings. The Morgan fingerprint density at radius 1 is 1.04 bits per heavy atom. The molecular formula is C18H21N3O3. The summed E-state index contributed by atoms with van der Waals surface area (Å²) in [5, 5.41) is 0. The van der Waals surface area contributed by atoms with Crippen LogP contribution in [0.2, 0.25) is 0 Å². The number of methoxy groups -OCH3 is 1. The van der Waals surface area contributed by atoms with Gasteiger partial charge in [-0.15, -0.1) is 0 Å². The van der Waals surface area contributed by atoms with Crippen molar-refractivity contribution >= 4 is 17.6 Å². The zero-order valence-electron chi connectivity index (χ0n) is 14.3. The summed E-state index contributed by atoms with van der Waals surface area (Å²) < 4.78 is 4.61. The molecule has 0 aliphatic carbocycles. The van der Waals surface area contributed by atoms with Gasteiger partial charge in [-0.3, -0.25) is 9.78 Å². The van der Waals surface area contributed by atoms with Crippen molar-refractivity contribution < 1.29 is 14.3 Å². The predicted molar refractivity (Wildman–Crippen MR) is 92.1 cm³/mol. The number of pyridine rings is 1. The van der Waals surface area contributed by atoms with Gasteiger partial charge >= 0.3 is 5.97 Å². The first-order chi connectivity index (χ1) is 11.4. The number of aromatic nitrogens is 1. The molecule has 0 atom stereocenters. The molecule has 2 rings (SSSR count). The normalized spacial score (nSPS) is 10.2. The molecule has 24 heavy (non-hydrogen) atoms. The van der Waals surface area contributed by atoms with Gasteiger partial charge in [0.1, 0.15) is 5.69 Å². The van der Waals surface area contributed by atoms with E-state index in [-0.39, 0.29) is 11.6 Å². The number of carbonyl (C=O) groups excluding carboxylic acids is 2. The molecule has 126 valence electrons. The molecule has 6 heteroatoms. The van der Waals surface area contributed by atoms with Crippen LogP contribution < -0.4 is 4.90 Å². The molecule has 0 radical (unpaired) electrons. The number of esters is 1. The van der Waals surface area contributed by atoms with Crippen LogP contribution in [0.5, 0.6) is 0 Å². The number of benzene rings is 1. The van der Waals surface area contributed by atoms with Gasteiger partial charge in [0.15, 0.2) is 0 Å². The zero-order valence-corrected chi connectivity index (χ0v) is 14.3. The van der Waals surface area contributed by atoms with E-state index in [0.717, 1.165) is 11.3 Å². The average Bonchev–Trinajstić information content (AvgIpc) is 2.61. The van der Waals surface area contributed by atoms with Crippen molar-refractivity contribution in [3.05, 3.63) is 59.4 Å². The Hall–Kier alpha value is -2.89. The third kappa shape index (κ3) is 4.10. The number of nitrogens with zero attached hydrogens (tertiary/aromatic N) is 3. The summed E-state index contributed by atoms with van der Waals surface area (Å²) in [6, 6.07) is 11.1. The summed E-state index contributed by atoms with van der Waals surface area (Å²) in [7, 11) is 6.98. The molecule has 0 fully saturated rings.